The van der Waals surface area contributed by atoms with Crippen molar-refractivity contribution < 1.29 is 14.6 Å². The molecule has 3 rings (SSSR count). The fourth-order valence-electron chi connectivity index (χ4n) is 1.95. The lowest BCUT2D eigenvalue weighted by molar-refractivity contribution is 0.151. The van der Waals surface area contributed by atoms with Gasteiger partial charge >= 0.3 is 0 Å². The van der Waals surface area contributed by atoms with E-state index in [1.807, 2.05) is 12.1 Å². The van der Waals surface area contributed by atoms with E-state index in [0.717, 1.165) is 24.8 Å². The summed E-state index contributed by atoms with van der Waals surface area (Å²) in [6.45, 7) is 1.25. The Morgan fingerprint density at radius 1 is 1.19 bits per heavy atom. The lowest BCUT2D eigenvalue weighted by Crippen LogP contribution is -2.06. The van der Waals surface area contributed by atoms with Crippen LogP contribution in [-0.4, -0.2) is 18.3 Å². The molecule has 1 N–H and O–H groups in total. The van der Waals surface area contributed by atoms with Crippen LogP contribution in [0.25, 0.3) is 0 Å². The van der Waals surface area contributed by atoms with Crippen LogP contribution in [0, 0.1) is 0 Å². The van der Waals surface area contributed by atoms with Crippen molar-refractivity contribution in [3.63, 3.8) is 0 Å². The minimum Gasteiger partial charge on any atom is -0.490 e. The summed E-state index contributed by atoms with van der Waals surface area (Å²) in [5, 5.41) is 10.6. The van der Waals surface area contributed by atoms with Crippen LogP contribution >= 0.6 is 11.6 Å². The lowest BCUT2D eigenvalue weighted by Gasteiger charge is -2.15. The number of hydrogen-bond acceptors (Lipinski definition) is 3. The molecule has 3 nitrogen and oxygen atoms in total. The van der Waals surface area contributed by atoms with Crippen LogP contribution in [0.3, 0.4) is 0 Å². The molecule has 2 aliphatic rings. The first kappa shape index (κ1) is 10.2. The highest BCUT2D eigenvalue weighted by atomic mass is 35.5. The van der Waals surface area contributed by atoms with Crippen molar-refractivity contribution in [2.24, 2.45) is 0 Å². The first-order valence-corrected chi connectivity index (χ1v) is 5.89. The summed E-state index contributed by atoms with van der Waals surface area (Å²) in [4.78, 5) is 0. The molecular formula is C12H13ClO3. The largest absolute Gasteiger partial charge is 0.490 e. The van der Waals surface area contributed by atoms with Gasteiger partial charge in [-0.2, -0.15) is 0 Å². The Hall–Kier alpha value is -0.930. The van der Waals surface area contributed by atoms with Gasteiger partial charge in [-0.25, -0.2) is 0 Å². The summed E-state index contributed by atoms with van der Waals surface area (Å²) in [6, 6.07) is 3.67. The van der Waals surface area contributed by atoms with Gasteiger partial charge in [0.05, 0.1) is 23.8 Å². The summed E-state index contributed by atoms with van der Waals surface area (Å²) in [5.74, 6) is 1.26. The molecule has 0 spiro atoms. The highest BCUT2D eigenvalue weighted by molar-refractivity contribution is 6.33. The molecule has 1 saturated carbocycles. The predicted molar refractivity (Wildman–Crippen MR) is 60.2 cm³/mol. The molecule has 0 unspecified atom stereocenters. The second-order valence-electron chi connectivity index (χ2n) is 4.34. The topological polar surface area (TPSA) is 38.7 Å². The molecule has 1 aliphatic carbocycles. The molecule has 0 radical (unpaired) electrons. The fraction of sp³-hybridized carbons (Fsp3) is 0.500. The summed E-state index contributed by atoms with van der Waals surface area (Å²) in [6.07, 6.45) is 2.39. The maximum Gasteiger partial charge on any atom is 0.180 e. The number of benzene rings is 1. The van der Waals surface area contributed by atoms with Crippen molar-refractivity contribution in [2.45, 2.75) is 24.9 Å². The SMILES string of the molecule is OC1(c2ccc3c(c2Cl)OCCCO3)CC1. The van der Waals surface area contributed by atoms with E-state index < -0.39 is 5.60 Å². The smallest absolute Gasteiger partial charge is 0.180 e. The molecule has 1 heterocycles. The van der Waals surface area contributed by atoms with Gasteiger partial charge in [0.25, 0.3) is 0 Å². The van der Waals surface area contributed by atoms with Crippen molar-refractivity contribution in [1.82, 2.24) is 0 Å². The van der Waals surface area contributed by atoms with Gasteiger partial charge in [-0.1, -0.05) is 17.7 Å². The zero-order valence-electron chi connectivity index (χ0n) is 8.83. The van der Waals surface area contributed by atoms with Crippen LogP contribution in [0.2, 0.25) is 5.02 Å². The number of rotatable bonds is 1. The van der Waals surface area contributed by atoms with E-state index in [1.54, 1.807) is 0 Å². The van der Waals surface area contributed by atoms with Gasteiger partial charge in [-0.15, -0.1) is 0 Å². The average Bonchev–Trinajstić information content (AvgIpc) is 3.02. The van der Waals surface area contributed by atoms with Crippen LogP contribution in [0.15, 0.2) is 12.1 Å². The zero-order chi connectivity index (χ0) is 11.2. The fourth-order valence-corrected chi connectivity index (χ4v) is 2.34. The number of fused-ring (bicyclic) bond motifs is 1. The molecule has 1 aromatic rings. The third-order valence-electron chi connectivity index (χ3n) is 3.08. The van der Waals surface area contributed by atoms with Gasteiger partial charge in [0.2, 0.25) is 0 Å². The van der Waals surface area contributed by atoms with Gasteiger partial charge in [0, 0.05) is 12.0 Å². The average molecular weight is 241 g/mol. The summed E-state index contributed by atoms with van der Waals surface area (Å²) in [7, 11) is 0. The summed E-state index contributed by atoms with van der Waals surface area (Å²) < 4.78 is 11.1. The van der Waals surface area contributed by atoms with E-state index in [1.165, 1.54) is 0 Å². The van der Waals surface area contributed by atoms with E-state index in [-0.39, 0.29) is 0 Å². The summed E-state index contributed by atoms with van der Waals surface area (Å²) in [5.41, 5.74) is 0.0281. The molecule has 0 saturated heterocycles. The maximum absolute atomic E-state index is 10.1. The molecule has 4 heteroatoms. The van der Waals surface area contributed by atoms with Gasteiger partial charge < -0.3 is 14.6 Å². The third-order valence-corrected chi connectivity index (χ3v) is 3.45. The Balaban J connectivity index is 2.07. The van der Waals surface area contributed by atoms with Crippen LogP contribution in [0.1, 0.15) is 24.8 Å². The number of halogens is 1. The first-order chi connectivity index (χ1) is 7.71. The molecule has 86 valence electrons. The molecular weight excluding hydrogens is 228 g/mol. The van der Waals surface area contributed by atoms with Gasteiger partial charge in [-0.05, 0) is 18.9 Å². The summed E-state index contributed by atoms with van der Waals surface area (Å²) >= 11 is 6.26. The number of aliphatic hydroxyl groups is 1. The minimum absolute atomic E-state index is 0.499. The van der Waals surface area contributed by atoms with Crippen molar-refractivity contribution >= 4 is 11.6 Å². The van der Waals surface area contributed by atoms with E-state index in [9.17, 15) is 5.11 Å². The second kappa shape index (κ2) is 3.54. The monoisotopic (exact) mass is 240 g/mol. The lowest BCUT2D eigenvalue weighted by atomic mass is 10.1. The van der Waals surface area contributed by atoms with Crippen LogP contribution < -0.4 is 9.47 Å². The maximum atomic E-state index is 10.1. The molecule has 1 aromatic carbocycles. The van der Waals surface area contributed by atoms with Gasteiger partial charge in [-0.3, -0.25) is 0 Å². The Labute approximate surface area is 98.9 Å². The van der Waals surface area contributed by atoms with Crippen molar-refractivity contribution in [3.05, 3.63) is 22.7 Å². The highest BCUT2D eigenvalue weighted by Gasteiger charge is 2.44. The molecule has 0 bridgehead atoms. The van der Waals surface area contributed by atoms with Crippen molar-refractivity contribution in [2.75, 3.05) is 13.2 Å². The molecule has 0 atom stereocenters. The van der Waals surface area contributed by atoms with Gasteiger partial charge in [0.15, 0.2) is 11.5 Å². The quantitative estimate of drug-likeness (QED) is 0.820. The van der Waals surface area contributed by atoms with E-state index in [0.29, 0.717) is 29.7 Å². The van der Waals surface area contributed by atoms with Crippen molar-refractivity contribution in [3.8, 4) is 11.5 Å². The van der Waals surface area contributed by atoms with Crippen molar-refractivity contribution in [1.29, 1.82) is 0 Å². The Morgan fingerprint density at radius 2 is 1.94 bits per heavy atom. The molecule has 1 aliphatic heterocycles. The predicted octanol–water partition coefficient (Wildman–Crippen LogP) is 2.48. The zero-order valence-corrected chi connectivity index (χ0v) is 9.59. The molecule has 0 aromatic heterocycles. The van der Waals surface area contributed by atoms with E-state index >= 15 is 0 Å². The Kier molecular flexibility index (Phi) is 2.26. The Morgan fingerprint density at radius 3 is 2.69 bits per heavy atom. The third kappa shape index (κ3) is 1.55. The first-order valence-electron chi connectivity index (χ1n) is 5.52. The standard InChI is InChI=1S/C12H13ClO3/c13-10-8(12(14)4-5-12)2-3-9-11(10)16-7-1-6-15-9/h2-3,14H,1,4-7H2. The van der Waals surface area contributed by atoms with Crippen LogP contribution in [0.4, 0.5) is 0 Å². The second-order valence-corrected chi connectivity index (χ2v) is 4.71. The van der Waals surface area contributed by atoms with Gasteiger partial charge in [0.1, 0.15) is 0 Å². The minimum atomic E-state index is -0.734. The molecule has 0 amide bonds. The highest BCUT2D eigenvalue weighted by Crippen LogP contribution is 2.51. The molecule has 1 fully saturated rings. The van der Waals surface area contributed by atoms with Crippen LogP contribution in [0.5, 0.6) is 11.5 Å². The molecule has 16 heavy (non-hydrogen) atoms. The number of ether oxygens (including phenoxy) is 2. The Bertz CT molecular complexity index is 427. The van der Waals surface area contributed by atoms with Crippen LogP contribution in [-0.2, 0) is 5.60 Å². The van der Waals surface area contributed by atoms with E-state index in [2.05, 4.69) is 0 Å². The number of hydrogen-bond donors (Lipinski definition) is 1. The van der Waals surface area contributed by atoms with E-state index in [4.69, 9.17) is 21.1 Å². The normalized spacial score (nSPS) is 21.4.